The van der Waals surface area contributed by atoms with Gasteiger partial charge in [-0.15, -0.1) is 0 Å². The number of nitrogens with zero attached hydrogens (tertiary/aromatic N) is 1. The molecule has 4 heteroatoms. The Morgan fingerprint density at radius 2 is 2.05 bits per heavy atom. The zero-order chi connectivity index (χ0) is 14.2. The number of hydrogen-bond donors (Lipinski definition) is 2. The molecule has 2 rings (SSSR count). The van der Waals surface area contributed by atoms with Gasteiger partial charge in [-0.3, -0.25) is 9.78 Å². The first-order chi connectivity index (χ1) is 9.74. The third-order valence-corrected chi connectivity index (χ3v) is 2.89. The minimum atomic E-state index is -0.0116. The molecule has 1 amide bonds. The van der Waals surface area contributed by atoms with E-state index in [0.717, 1.165) is 11.3 Å². The molecule has 0 atom stereocenters. The summed E-state index contributed by atoms with van der Waals surface area (Å²) in [5.41, 5.74) is 3.24. The highest BCUT2D eigenvalue weighted by molar-refractivity contribution is 5.77. The van der Waals surface area contributed by atoms with Crippen LogP contribution in [-0.2, 0) is 17.9 Å². The molecule has 20 heavy (non-hydrogen) atoms. The fourth-order valence-electron chi connectivity index (χ4n) is 1.89. The summed E-state index contributed by atoms with van der Waals surface area (Å²) in [4.78, 5) is 15.9. The van der Waals surface area contributed by atoms with E-state index in [4.69, 9.17) is 0 Å². The number of pyridine rings is 1. The lowest BCUT2D eigenvalue weighted by Gasteiger charge is -2.07. The molecule has 0 fully saturated rings. The van der Waals surface area contributed by atoms with Gasteiger partial charge >= 0.3 is 0 Å². The summed E-state index contributed by atoms with van der Waals surface area (Å²) in [5, 5.41) is 5.97. The fourth-order valence-corrected chi connectivity index (χ4v) is 1.89. The lowest BCUT2D eigenvalue weighted by atomic mass is 10.1. The Morgan fingerprint density at radius 1 is 1.15 bits per heavy atom. The second kappa shape index (κ2) is 7.40. The van der Waals surface area contributed by atoms with Gasteiger partial charge in [0.25, 0.3) is 0 Å². The van der Waals surface area contributed by atoms with E-state index in [1.54, 1.807) is 6.20 Å². The third-order valence-electron chi connectivity index (χ3n) is 2.89. The van der Waals surface area contributed by atoms with E-state index >= 15 is 0 Å². The van der Waals surface area contributed by atoms with Gasteiger partial charge in [0, 0.05) is 19.3 Å². The highest BCUT2D eigenvalue weighted by atomic mass is 16.1. The van der Waals surface area contributed by atoms with Gasteiger partial charge in [0.2, 0.25) is 5.91 Å². The van der Waals surface area contributed by atoms with Crippen LogP contribution in [0.5, 0.6) is 0 Å². The van der Waals surface area contributed by atoms with Crippen molar-refractivity contribution >= 4 is 5.91 Å². The van der Waals surface area contributed by atoms with Crippen LogP contribution in [0.2, 0.25) is 0 Å². The topological polar surface area (TPSA) is 54.0 Å². The summed E-state index contributed by atoms with van der Waals surface area (Å²) in [7, 11) is 0. The van der Waals surface area contributed by atoms with Crippen molar-refractivity contribution in [2.75, 3.05) is 6.54 Å². The number of carbonyl (C=O) groups is 1. The monoisotopic (exact) mass is 269 g/mol. The molecule has 4 nitrogen and oxygen atoms in total. The van der Waals surface area contributed by atoms with Crippen molar-refractivity contribution in [2.45, 2.75) is 20.0 Å². The van der Waals surface area contributed by atoms with Gasteiger partial charge in [0.05, 0.1) is 12.2 Å². The van der Waals surface area contributed by atoms with E-state index in [0.29, 0.717) is 19.6 Å². The van der Waals surface area contributed by atoms with E-state index in [-0.39, 0.29) is 5.91 Å². The largest absolute Gasteiger partial charge is 0.351 e. The maximum Gasteiger partial charge on any atom is 0.234 e. The fraction of sp³-hybridized carbons (Fsp3) is 0.250. The molecule has 2 N–H and O–H groups in total. The first-order valence-electron chi connectivity index (χ1n) is 6.67. The molecule has 0 aliphatic heterocycles. The number of aryl methyl sites for hydroxylation is 1. The Morgan fingerprint density at radius 3 is 2.80 bits per heavy atom. The van der Waals surface area contributed by atoms with Crippen LogP contribution < -0.4 is 10.6 Å². The number of nitrogens with one attached hydrogen (secondary N) is 2. The molecule has 2 aromatic rings. The first-order valence-corrected chi connectivity index (χ1v) is 6.67. The molecule has 0 radical (unpaired) electrons. The number of carbonyl (C=O) groups excluding carboxylic acids is 1. The Labute approximate surface area is 119 Å². The molecule has 1 heterocycles. The van der Waals surface area contributed by atoms with Crippen LogP contribution >= 0.6 is 0 Å². The van der Waals surface area contributed by atoms with Crippen LogP contribution in [-0.4, -0.2) is 17.4 Å². The number of amides is 1. The Balaban J connectivity index is 1.68. The lowest BCUT2D eigenvalue weighted by Crippen LogP contribution is -2.33. The summed E-state index contributed by atoms with van der Waals surface area (Å²) in [5.74, 6) is -0.0116. The molecule has 0 aliphatic rings. The van der Waals surface area contributed by atoms with Crippen LogP contribution in [0.25, 0.3) is 0 Å². The molecule has 1 aromatic heterocycles. The van der Waals surface area contributed by atoms with Crippen LogP contribution in [0.15, 0.2) is 48.7 Å². The van der Waals surface area contributed by atoms with Crippen molar-refractivity contribution in [2.24, 2.45) is 0 Å². The average Bonchev–Trinajstić information content (AvgIpc) is 2.46. The second-order valence-corrected chi connectivity index (χ2v) is 4.69. The number of hydrogen-bond acceptors (Lipinski definition) is 3. The van der Waals surface area contributed by atoms with Crippen molar-refractivity contribution in [3.8, 4) is 0 Å². The van der Waals surface area contributed by atoms with Crippen LogP contribution in [0.1, 0.15) is 16.8 Å². The predicted octanol–water partition coefficient (Wildman–Crippen LogP) is 1.80. The molecule has 104 valence electrons. The minimum absolute atomic E-state index is 0.0116. The van der Waals surface area contributed by atoms with E-state index in [1.165, 1.54) is 5.56 Å². The smallest absolute Gasteiger partial charge is 0.234 e. The zero-order valence-electron chi connectivity index (χ0n) is 11.6. The first kappa shape index (κ1) is 14.2. The van der Waals surface area contributed by atoms with E-state index in [1.807, 2.05) is 43.3 Å². The standard InChI is InChI=1S/C16H19N3O/c1-13-5-4-6-14(9-13)10-19-16(20)12-17-11-15-7-2-3-8-18-15/h2-9,17H,10-12H2,1H3,(H,19,20). The summed E-state index contributed by atoms with van der Waals surface area (Å²) >= 11 is 0. The second-order valence-electron chi connectivity index (χ2n) is 4.69. The lowest BCUT2D eigenvalue weighted by molar-refractivity contribution is -0.120. The highest BCUT2D eigenvalue weighted by Gasteiger charge is 2.01. The van der Waals surface area contributed by atoms with Crippen molar-refractivity contribution in [1.29, 1.82) is 0 Å². The molecule has 0 aliphatic carbocycles. The van der Waals surface area contributed by atoms with Gasteiger partial charge in [-0.25, -0.2) is 0 Å². The van der Waals surface area contributed by atoms with E-state index < -0.39 is 0 Å². The molecule has 0 saturated heterocycles. The molecule has 0 spiro atoms. The molecular weight excluding hydrogens is 250 g/mol. The third kappa shape index (κ3) is 4.82. The Kier molecular flexibility index (Phi) is 5.26. The van der Waals surface area contributed by atoms with Gasteiger partial charge in [0.1, 0.15) is 0 Å². The van der Waals surface area contributed by atoms with Gasteiger partial charge in [0.15, 0.2) is 0 Å². The summed E-state index contributed by atoms with van der Waals surface area (Å²) in [6.07, 6.45) is 1.74. The molecule has 0 saturated carbocycles. The minimum Gasteiger partial charge on any atom is -0.351 e. The number of benzene rings is 1. The summed E-state index contributed by atoms with van der Waals surface area (Å²) < 4.78 is 0. The SMILES string of the molecule is Cc1cccc(CNC(=O)CNCc2ccccn2)c1. The highest BCUT2D eigenvalue weighted by Crippen LogP contribution is 2.02. The quantitative estimate of drug-likeness (QED) is 0.840. The maximum absolute atomic E-state index is 11.7. The molecular formula is C16H19N3O. The molecule has 1 aromatic carbocycles. The molecule has 0 bridgehead atoms. The van der Waals surface area contributed by atoms with Gasteiger partial charge in [-0.2, -0.15) is 0 Å². The normalized spacial score (nSPS) is 10.2. The predicted molar refractivity (Wildman–Crippen MR) is 79.0 cm³/mol. The average molecular weight is 269 g/mol. The zero-order valence-corrected chi connectivity index (χ0v) is 11.6. The van der Waals surface area contributed by atoms with Crippen LogP contribution in [0.4, 0.5) is 0 Å². The van der Waals surface area contributed by atoms with Crippen molar-refractivity contribution < 1.29 is 4.79 Å². The van der Waals surface area contributed by atoms with E-state index in [2.05, 4.69) is 21.7 Å². The Hall–Kier alpha value is -2.20. The van der Waals surface area contributed by atoms with E-state index in [9.17, 15) is 4.79 Å². The van der Waals surface area contributed by atoms with Gasteiger partial charge < -0.3 is 10.6 Å². The summed E-state index contributed by atoms with van der Waals surface area (Å²) in [6, 6.07) is 13.9. The summed E-state index contributed by atoms with van der Waals surface area (Å²) in [6.45, 7) is 3.49. The van der Waals surface area contributed by atoms with Crippen LogP contribution in [0, 0.1) is 6.92 Å². The van der Waals surface area contributed by atoms with Crippen molar-refractivity contribution in [3.05, 3.63) is 65.5 Å². The van der Waals surface area contributed by atoms with Gasteiger partial charge in [-0.1, -0.05) is 35.9 Å². The van der Waals surface area contributed by atoms with Crippen molar-refractivity contribution in [3.63, 3.8) is 0 Å². The van der Waals surface area contributed by atoms with Crippen molar-refractivity contribution in [1.82, 2.24) is 15.6 Å². The number of aromatic nitrogens is 1. The van der Waals surface area contributed by atoms with Crippen LogP contribution in [0.3, 0.4) is 0 Å². The van der Waals surface area contributed by atoms with Gasteiger partial charge in [-0.05, 0) is 24.6 Å². The maximum atomic E-state index is 11.7. The Bertz CT molecular complexity index is 555. The number of rotatable bonds is 6. The molecule has 0 unspecified atom stereocenters.